The van der Waals surface area contributed by atoms with Crippen LogP contribution < -0.4 is 0 Å². The molecule has 6 atom stereocenters. The van der Waals surface area contributed by atoms with Crippen molar-refractivity contribution in [2.75, 3.05) is 6.61 Å². The van der Waals surface area contributed by atoms with Gasteiger partial charge in [0.15, 0.2) is 12.5 Å². The number of hydrogen-bond acceptors (Lipinski definition) is 7. The van der Waals surface area contributed by atoms with E-state index in [-0.39, 0.29) is 18.1 Å². The maximum Gasteiger partial charge on any atom is 0.186 e. The summed E-state index contributed by atoms with van der Waals surface area (Å²) >= 11 is 0. The highest BCUT2D eigenvalue weighted by atomic mass is 16.6. The first-order chi connectivity index (χ1) is 13.1. The summed E-state index contributed by atoms with van der Waals surface area (Å²) in [7, 11) is 0. The van der Waals surface area contributed by atoms with Crippen molar-refractivity contribution in [3.05, 3.63) is 29.2 Å². The Morgan fingerprint density at radius 1 is 1.11 bits per heavy atom. The first-order valence-electron chi connectivity index (χ1n) is 9.81. The van der Waals surface area contributed by atoms with E-state index in [1.165, 1.54) is 0 Å². The molecule has 0 fully saturated rings. The monoisotopic (exact) mass is 378 g/mol. The van der Waals surface area contributed by atoms with Crippen LogP contribution in [-0.2, 0) is 9.47 Å². The number of aliphatic hydroxyl groups is 2. The number of nitroso groups, excluding NO2 is 1. The van der Waals surface area contributed by atoms with Crippen molar-refractivity contribution in [1.29, 1.82) is 5.26 Å². The molecule has 0 aromatic carbocycles. The third-order valence-corrected chi connectivity index (χ3v) is 5.14. The van der Waals surface area contributed by atoms with Crippen LogP contribution in [0, 0.1) is 28.1 Å². The molecule has 0 aliphatic heterocycles. The van der Waals surface area contributed by atoms with Gasteiger partial charge in [-0.1, -0.05) is 24.3 Å². The quantitative estimate of drug-likeness (QED) is 0.247. The van der Waals surface area contributed by atoms with Gasteiger partial charge < -0.3 is 19.7 Å². The van der Waals surface area contributed by atoms with Crippen LogP contribution in [0.1, 0.15) is 51.4 Å². The number of unbranched alkanes of at least 4 members (excludes halogenated alkanes) is 1. The lowest BCUT2D eigenvalue weighted by Gasteiger charge is -2.30. The van der Waals surface area contributed by atoms with Crippen LogP contribution >= 0.6 is 0 Å². The van der Waals surface area contributed by atoms with Crippen LogP contribution in [0.3, 0.4) is 0 Å². The Morgan fingerprint density at radius 2 is 1.89 bits per heavy atom. The van der Waals surface area contributed by atoms with Gasteiger partial charge in [0.05, 0.1) is 18.3 Å². The van der Waals surface area contributed by atoms with Crippen LogP contribution in [0.5, 0.6) is 0 Å². The molecular weight excluding hydrogens is 348 g/mol. The standard InChI is InChI=1S/C20H30N2O5/c21-13-1-2-14-26-17-10-6-16(7-11-17)20(24)27-18-8-3-15(4-9-18)5-12-19(23)22-25/h3,6,8,10,15-20,23-24H,1-2,4-5,7,9,11-12,14H2/t15-,16+,17-,18+,19?,20?/m0/s1. The molecule has 0 aromatic rings. The number of nitrogens with zero attached hydrogens (tertiary/aromatic N) is 2. The lowest BCUT2D eigenvalue weighted by Crippen LogP contribution is -2.31. The first kappa shape index (κ1) is 21.7. The zero-order valence-electron chi connectivity index (χ0n) is 15.7. The average molecular weight is 378 g/mol. The highest BCUT2D eigenvalue weighted by Gasteiger charge is 2.26. The fourth-order valence-electron chi connectivity index (χ4n) is 3.48. The molecule has 0 amide bonds. The van der Waals surface area contributed by atoms with Gasteiger partial charge in [0, 0.05) is 18.9 Å². The number of ether oxygens (including phenoxy) is 2. The van der Waals surface area contributed by atoms with E-state index in [1.807, 2.05) is 24.3 Å². The molecule has 0 bridgehead atoms. The van der Waals surface area contributed by atoms with Gasteiger partial charge in [0.25, 0.3) is 0 Å². The molecule has 7 heteroatoms. The maximum atomic E-state index is 10.4. The van der Waals surface area contributed by atoms with E-state index >= 15 is 0 Å². The van der Waals surface area contributed by atoms with E-state index in [0.29, 0.717) is 25.4 Å². The molecule has 0 aromatic heterocycles. The number of aliphatic hydroxyl groups excluding tert-OH is 2. The Morgan fingerprint density at radius 3 is 2.52 bits per heavy atom. The van der Waals surface area contributed by atoms with Crippen molar-refractivity contribution in [3.8, 4) is 6.07 Å². The van der Waals surface area contributed by atoms with E-state index in [4.69, 9.17) is 14.7 Å². The third kappa shape index (κ3) is 7.89. The van der Waals surface area contributed by atoms with Crippen molar-refractivity contribution >= 4 is 0 Å². The fraction of sp³-hybridized carbons (Fsp3) is 0.750. The molecule has 2 N–H and O–H groups in total. The topological polar surface area (TPSA) is 112 Å². The molecule has 0 heterocycles. The van der Waals surface area contributed by atoms with Gasteiger partial charge in [-0.05, 0) is 56.0 Å². The molecule has 0 saturated heterocycles. The highest BCUT2D eigenvalue weighted by Crippen LogP contribution is 2.28. The van der Waals surface area contributed by atoms with Crippen LogP contribution in [0.2, 0.25) is 0 Å². The van der Waals surface area contributed by atoms with Crippen LogP contribution in [0.15, 0.2) is 29.5 Å². The van der Waals surface area contributed by atoms with Crippen LogP contribution in [0.4, 0.5) is 0 Å². The molecule has 0 saturated carbocycles. The number of hydrogen-bond donors (Lipinski definition) is 2. The summed E-state index contributed by atoms with van der Waals surface area (Å²) in [6.07, 6.45) is 11.6. The van der Waals surface area contributed by atoms with Crippen LogP contribution in [-0.4, -0.2) is 41.5 Å². The van der Waals surface area contributed by atoms with Gasteiger partial charge in [0.1, 0.15) is 0 Å². The lowest BCUT2D eigenvalue weighted by molar-refractivity contribution is -0.150. The zero-order valence-corrected chi connectivity index (χ0v) is 15.7. The zero-order chi connectivity index (χ0) is 19.5. The summed E-state index contributed by atoms with van der Waals surface area (Å²) in [5.74, 6) is 0.274. The maximum absolute atomic E-state index is 10.4. The predicted octanol–water partition coefficient (Wildman–Crippen LogP) is 3.18. The van der Waals surface area contributed by atoms with Gasteiger partial charge in [-0.3, -0.25) is 0 Å². The van der Waals surface area contributed by atoms with E-state index in [1.54, 1.807) is 0 Å². The van der Waals surface area contributed by atoms with Gasteiger partial charge in [-0.15, -0.1) is 4.91 Å². The van der Waals surface area contributed by atoms with Crippen molar-refractivity contribution < 1.29 is 19.7 Å². The van der Waals surface area contributed by atoms with Gasteiger partial charge in [-0.2, -0.15) is 5.26 Å². The Labute approximate surface area is 160 Å². The predicted molar refractivity (Wildman–Crippen MR) is 100 cm³/mol. The second-order valence-corrected chi connectivity index (χ2v) is 7.25. The smallest absolute Gasteiger partial charge is 0.186 e. The molecule has 2 aliphatic carbocycles. The summed E-state index contributed by atoms with van der Waals surface area (Å²) in [5.41, 5.74) is 0. The van der Waals surface area contributed by atoms with E-state index in [2.05, 4.69) is 11.2 Å². The molecule has 0 spiro atoms. The summed E-state index contributed by atoms with van der Waals surface area (Å²) in [6, 6.07) is 2.10. The fourth-order valence-corrected chi connectivity index (χ4v) is 3.48. The van der Waals surface area contributed by atoms with Crippen molar-refractivity contribution in [2.45, 2.75) is 76.1 Å². The minimum absolute atomic E-state index is 0.0381. The summed E-state index contributed by atoms with van der Waals surface area (Å²) < 4.78 is 11.5. The molecule has 150 valence electrons. The number of nitriles is 1. The van der Waals surface area contributed by atoms with E-state index in [0.717, 1.165) is 38.5 Å². The summed E-state index contributed by atoms with van der Waals surface area (Å²) in [4.78, 5) is 10.2. The minimum atomic E-state index is -1.12. The van der Waals surface area contributed by atoms with Gasteiger partial charge in [-0.25, -0.2) is 0 Å². The average Bonchev–Trinajstić information content (AvgIpc) is 2.71. The molecule has 2 rings (SSSR count). The molecular formula is C20H30N2O5. The molecule has 27 heavy (non-hydrogen) atoms. The molecule has 7 nitrogen and oxygen atoms in total. The Bertz CT molecular complexity index is 545. The Hall–Kier alpha value is -1.59. The number of rotatable bonds is 11. The first-order valence-corrected chi connectivity index (χ1v) is 9.81. The number of allylic oxidation sites excluding steroid dienone is 1. The lowest BCUT2D eigenvalue weighted by atomic mass is 9.90. The Kier molecular flexibility index (Phi) is 9.64. The van der Waals surface area contributed by atoms with Crippen molar-refractivity contribution in [2.24, 2.45) is 17.0 Å². The summed E-state index contributed by atoms with van der Waals surface area (Å²) in [6.45, 7) is 0.584. The van der Waals surface area contributed by atoms with E-state index in [9.17, 15) is 15.1 Å². The minimum Gasteiger partial charge on any atom is -0.374 e. The largest absolute Gasteiger partial charge is 0.374 e. The van der Waals surface area contributed by atoms with Crippen LogP contribution in [0.25, 0.3) is 0 Å². The summed E-state index contributed by atoms with van der Waals surface area (Å²) in [5, 5.41) is 30.7. The normalized spacial score (nSPS) is 29.8. The van der Waals surface area contributed by atoms with Gasteiger partial charge in [0.2, 0.25) is 0 Å². The Balaban J connectivity index is 1.68. The highest BCUT2D eigenvalue weighted by molar-refractivity contribution is 5.02. The second-order valence-electron chi connectivity index (χ2n) is 7.25. The van der Waals surface area contributed by atoms with Crippen molar-refractivity contribution in [1.82, 2.24) is 0 Å². The molecule has 2 unspecified atom stereocenters. The molecule has 0 radical (unpaired) electrons. The van der Waals surface area contributed by atoms with E-state index < -0.39 is 12.5 Å². The molecule has 2 aliphatic rings. The third-order valence-electron chi connectivity index (χ3n) is 5.14. The van der Waals surface area contributed by atoms with Crippen molar-refractivity contribution in [3.63, 3.8) is 0 Å². The second kappa shape index (κ2) is 12.0. The SMILES string of the molecule is N#CCCCO[C@H]1C=C[C@@H](C(O)O[C@@H]2C=C[C@H](CCC(O)N=O)CC2)CC1. The van der Waals surface area contributed by atoms with Gasteiger partial charge >= 0.3 is 0 Å².